The summed E-state index contributed by atoms with van der Waals surface area (Å²) in [7, 11) is 0. The van der Waals surface area contributed by atoms with E-state index in [-0.39, 0.29) is 29.7 Å². The third-order valence-electron chi connectivity index (χ3n) is 4.95. The van der Waals surface area contributed by atoms with Gasteiger partial charge in [-0.3, -0.25) is 14.6 Å². The molecule has 1 heterocycles. The number of nitrogens with zero attached hydrogens (tertiary/aromatic N) is 1. The van der Waals surface area contributed by atoms with E-state index in [4.69, 9.17) is 0 Å². The first-order valence-electron chi connectivity index (χ1n) is 10.7. The lowest BCUT2D eigenvalue weighted by Gasteiger charge is -2.14. The Bertz CT molecular complexity index is 1070. The molecule has 0 fully saturated rings. The zero-order chi connectivity index (χ0) is 23.6. The minimum absolute atomic E-state index is 0.0505. The molecule has 5 N–H and O–H groups in total. The van der Waals surface area contributed by atoms with Gasteiger partial charge in [0, 0.05) is 31.0 Å². The highest BCUT2D eigenvalue weighted by Gasteiger charge is 2.11. The SMILES string of the molecule is CC(=O)Nc1cc(C(O)CNCCc2ccc(NC(=O)Cc3ccccn3)cc2)ccc1O. The lowest BCUT2D eigenvalue weighted by Crippen LogP contribution is -2.24. The first-order chi connectivity index (χ1) is 15.9. The summed E-state index contributed by atoms with van der Waals surface area (Å²) in [5.41, 5.74) is 3.40. The number of nitrogens with one attached hydrogen (secondary N) is 3. The predicted octanol–water partition coefficient (Wildman–Crippen LogP) is 2.79. The van der Waals surface area contributed by atoms with E-state index in [1.807, 2.05) is 42.5 Å². The summed E-state index contributed by atoms with van der Waals surface area (Å²) >= 11 is 0. The molecule has 0 radical (unpaired) electrons. The predicted molar refractivity (Wildman–Crippen MR) is 127 cm³/mol. The Morgan fingerprint density at radius 1 is 1.03 bits per heavy atom. The molecule has 8 nitrogen and oxygen atoms in total. The molecule has 8 heteroatoms. The van der Waals surface area contributed by atoms with Crippen LogP contribution >= 0.6 is 0 Å². The minimum atomic E-state index is -0.783. The van der Waals surface area contributed by atoms with Gasteiger partial charge in [0.15, 0.2) is 0 Å². The molecule has 2 aromatic carbocycles. The molecule has 0 saturated heterocycles. The van der Waals surface area contributed by atoms with E-state index in [1.165, 1.54) is 13.0 Å². The van der Waals surface area contributed by atoms with Gasteiger partial charge in [-0.05, 0) is 60.5 Å². The van der Waals surface area contributed by atoms with Crippen LogP contribution in [-0.2, 0) is 22.4 Å². The number of phenolic OH excluding ortho intramolecular Hbond substituents is 1. The molecule has 0 saturated carbocycles. The molecule has 3 aromatic rings. The highest BCUT2D eigenvalue weighted by atomic mass is 16.3. The number of pyridine rings is 1. The smallest absolute Gasteiger partial charge is 0.230 e. The molecule has 1 aromatic heterocycles. The summed E-state index contributed by atoms with van der Waals surface area (Å²) in [6.45, 7) is 2.33. The van der Waals surface area contributed by atoms with Crippen molar-refractivity contribution < 1.29 is 19.8 Å². The maximum atomic E-state index is 12.1. The topological polar surface area (TPSA) is 124 Å². The van der Waals surface area contributed by atoms with Gasteiger partial charge in [-0.15, -0.1) is 0 Å². The lowest BCUT2D eigenvalue weighted by molar-refractivity contribution is -0.116. The van der Waals surface area contributed by atoms with Gasteiger partial charge in [-0.1, -0.05) is 24.3 Å². The van der Waals surface area contributed by atoms with Gasteiger partial charge in [-0.2, -0.15) is 0 Å². The molecular formula is C25H28N4O4. The Balaban J connectivity index is 1.42. The molecule has 0 aliphatic carbocycles. The van der Waals surface area contributed by atoms with Crippen LogP contribution in [0.15, 0.2) is 66.9 Å². The molecule has 1 unspecified atom stereocenters. The van der Waals surface area contributed by atoms with E-state index in [9.17, 15) is 19.8 Å². The van der Waals surface area contributed by atoms with Gasteiger partial charge < -0.3 is 26.2 Å². The molecule has 0 bridgehead atoms. The number of aromatic hydroxyl groups is 1. The number of rotatable bonds is 10. The molecule has 0 spiro atoms. The van der Waals surface area contributed by atoms with Crippen molar-refractivity contribution in [2.24, 2.45) is 0 Å². The molecule has 3 rings (SSSR count). The third kappa shape index (κ3) is 7.71. The molecule has 172 valence electrons. The summed E-state index contributed by atoms with van der Waals surface area (Å²) in [6.07, 6.45) is 1.86. The highest BCUT2D eigenvalue weighted by molar-refractivity contribution is 5.92. The number of benzene rings is 2. The van der Waals surface area contributed by atoms with Gasteiger partial charge in [0.25, 0.3) is 0 Å². The van der Waals surface area contributed by atoms with E-state index >= 15 is 0 Å². The van der Waals surface area contributed by atoms with E-state index in [1.54, 1.807) is 18.3 Å². The van der Waals surface area contributed by atoms with Crippen molar-refractivity contribution >= 4 is 23.2 Å². The first kappa shape index (κ1) is 23.9. The van der Waals surface area contributed by atoms with Gasteiger partial charge >= 0.3 is 0 Å². The van der Waals surface area contributed by atoms with E-state index in [0.717, 1.165) is 23.4 Å². The molecule has 0 aliphatic rings. The molecule has 2 amide bonds. The summed E-state index contributed by atoms with van der Waals surface area (Å²) in [6, 6.07) is 17.7. The van der Waals surface area contributed by atoms with Crippen LogP contribution in [0.2, 0.25) is 0 Å². The average Bonchev–Trinajstić information content (AvgIpc) is 2.79. The summed E-state index contributed by atoms with van der Waals surface area (Å²) < 4.78 is 0. The van der Waals surface area contributed by atoms with E-state index in [2.05, 4.69) is 20.9 Å². The highest BCUT2D eigenvalue weighted by Crippen LogP contribution is 2.27. The van der Waals surface area contributed by atoms with Gasteiger partial charge in [0.2, 0.25) is 11.8 Å². The number of amides is 2. The number of aromatic nitrogens is 1. The number of carbonyl (C=O) groups excluding carboxylic acids is 2. The maximum absolute atomic E-state index is 12.1. The maximum Gasteiger partial charge on any atom is 0.230 e. The monoisotopic (exact) mass is 448 g/mol. The molecule has 33 heavy (non-hydrogen) atoms. The number of phenols is 1. The van der Waals surface area contributed by atoms with Crippen molar-refractivity contribution in [2.75, 3.05) is 23.7 Å². The average molecular weight is 449 g/mol. The fraction of sp³-hybridized carbons (Fsp3) is 0.240. The van der Waals surface area contributed by atoms with Gasteiger partial charge in [0.1, 0.15) is 5.75 Å². The fourth-order valence-electron chi connectivity index (χ4n) is 3.27. The standard InChI is InChI=1S/C25H28N4O4/c1-17(30)28-22-14-19(7-10-23(22)31)24(32)16-26-13-11-18-5-8-20(9-6-18)29-25(33)15-21-4-2-3-12-27-21/h2-10,12,14,24,26,31-32H,11,13,15-16H2,1H3,(H,28,30)(H,29,33). The molecule has 1 atom stereocenters. The number of aliphatic hydroxyl groups excluding tert-OH is 1. The summed E-state index contributed by atoms with van der Waals surface area (Å²) in [5.74, 6) is -0.465. The number of hydrogen-bond acceptors (Lipinski definition) is 6. The Morgan fingerprint density at radius 2 is 1.82 bits per heavy atom. The van der Waals surface area contributed by atoms with Crippen LogP contribution in [0.3, 0.4) is 0 Å². The summed E-state index contributed by atoms with van der Waals surface area (Å²) in [5, 5.41) is 28.8. The fourth-order valence-corrected chi connectivity index (χ4v) is 3.27. The Morgan fingerprint density at radius 3 is 2.52 bits per heavy atom. The van der Waals surface area contributed by atoms with Crippen molar-refractivity contribution in [3.8, 4) is 5.75 Å². The summed E-state index contributed by atoms with van der Waals surface area (Å²) in [4.78, 5) is 27.5. The first-order valence-corrected chi connectivity index (χ1v) is 10.7. The van der Waals surface area contributed by atoms with Crippen LogP contribution in [0.4, 0.5) is 11.4 Å². The van der Waals surface area contributed by atoms with Crippen molar-refractivity contribution in [1.29, 1.82) is 0 Å². The van der Waals surface area contributed by atoms with E-state index < -0.39 is 6.10 Å². The van der Waals surface area contributed by atoms with Crippen LogP contribution in [0.1, 0.15) is 29.8 Å². The van der Waals surface area contributed by atoms with Crippen LogP contribution in [0.5, 0.6) is 5.75 Å². The van der Waals surface area contributed by atoms with Crippen LogP contribution < -0.4 is 16.0 Å². The Kier molecular flexibility index (Phi) is 8.51. The number of carbonyl (C=O) groups is 2. The number of anilines is 2. The Hall–Kier alpha value is -3.75. The largest absolute Gasteiger partial charge is 0.506 e. The van der Waals surface area contributed by atoms with Crippen LogP contribution in [0.25, 0.3) is 0 Å². The van der Waals surface area contributed by atoms with Gasteiger partial charge in [0.05, 0.1) is 18.2 Å². The number of hydrogen-bond donors (Lipinski definition) is 5. The van der Waals surface area contributed by atoms with E-state index in [0.29, 0.717) is 18.7 Å². The van der Waals surface area contributed by atoms with Crippen molar-refractivity contribution in [2.45, 2.75) is 25.9 Å². The second kappa shape index (κ2) is 11.8. The van der Waals surface area contributed by atoms with Crippen molar-refractivity contribution in [3.05, 3.63) is 83.7 Å². The normalized spacial score (nSPS) is 11.6. The second-order valence-corrected chi connectivity index (χ2v) is 7.67. The third-order valence-corrected chi connectivity index (χ3v) is 4.95. The van der Waals surface area contributed by atoms with Crippen LogP contribution in [0, 0.1) is 0 Å². The minimum Gasteiger partial charge on any atom is -0.506 e. The quantitative estimate of drug-likeness (QED) is 0.240. The van der Waals surface area contributed by atoms with Gasteiger partial charge in [-0.25, -0.2) is 0 Å². The van der Waals surface area contributed by atoms with Crippen molar-refractivity contribution in [1.82, 2.24) is 10.3 Å². The molecule has 0 aliphatic heterocycles. The zero-order valence-corrected chi connectivity index (χ0v) is 18.4. The zero-order valence-electron chi connectivity index (χ0n) is 18.4. The second-order valence-electron chi connectivity index (χ2n) is 7.67. The lowest BCUT2D eigenvalue weighted by atomic mass is 10.1. The van der Waals surface area contributed by atoms with Crippen molar-refractivity contribution in [3.63, 3.8) is 0 Å². The number of aliphatic hydroxyl groups is 1. The molecular weight excluding hydrogens is 420 g/mol. The van der Waals surface area contributed by atoms with Crippen LogP contribution in [-0.4, -0.2) is 40.1 Å². The Labute approximate surface area is 192 Å².